The molecule has 1 fully saturated rings. The van der Waals surface area contributed by atoms with Crippen molar-refractivity contribution in [3.8, 4) is 5.75 Å². The lowest BCUT2D eigenvalue weighted by molar-refractivity contribution is 0.102. The maximum absolute atomic E-state index is 11.9. The molecule has 1 amide bonds. The zero-order chi connectivity index (χ0) is 24.7. The summed E-state index contributed by atoms with van der Waals surface area (Å²) in [7, 11) is 3.67. The molecular weight excluding hydrogens is 454 g/mol. The molecule has 0 bridgehead atoms. The molecule has 180 valence electrons. The summed E-state index contributed by atoms with van der Waals surface area (Å²) < 4.78 is 5.02. The Morgan fingerprint density at radius 3 is 2.53 bits per heavy atom. The number of aryl methyl sites for hydroxylation is 1. The van der Waals surface area contributed by atoms with Crippen molar-refractivity contribution in [2.75, 3.05) is 56.3 Å². The van der Waals surface area contributed by atoms with Crippen molar-refractivity contribution < 1.29 is 9.53 Å². The average Bonchev–Trinajstić information content (AvgIpc) is 3.24. The average molecular weight is 484 g/mol. The van der Waals surface area contributed by atoms with E-state index in [1.54, 1.807) is 24.3 Å². The van der Waals surface area contributed by atoms with Crippen LogP contribution < -0.4 is 20.7 Å². The second-order valence-electron chi connectivity index (χ2n) is 7.93. The minimum Gasteiger partial charge on any atom is -0.495 e. The van der Waals surface area contributed by atoms with E-state index >= 15 is 0 Å². The highest BCUT2D eigenvalue weighted by Gasteiger charge is 2.15. The van der Waals surface area contributed by atoms with E-state index in [1.165, 1.54) is 12.8 Å². The van der Waals surface area contributed by atoms with Gasteiger partial charge < -0.3 is 25.6 Å². The summed E-state index contributed by atoms with van der Waals surface area (Å²) in [5.41, 5.74) is 9.76. The maximum atomic E-state index is 11.9. The number of aliphatic imine (C=N–C) groups is 1. The smallest absolute Gasteiger partial charge is 0.256 e. The lowest BCUT2D eigenvalue weighted by atomic mass is 10.2. The van der Waals surface area contributed by atoms with Crippen LogP contribution in [0.5, 0.6) is 5.75 Å². The van der Waals surface area contributed by atoms with Gasteiger partial charge in [-0.1, -0.05) is 11.6 Å². The number of nitrogens with one attached hydrogen (secondary N) is 2. The van der Waals surface area contributed by atoms with Crippen LogP contribution >= 0.6 is 11.6 Å². The number of amides is 1. The van der Waals surface area contributed by atoms with Gasteiger partial charge >= 0.3 is 0 Å². The first-order valence-corrected chi connectivity index (χ1v) is 11.1. The highest BCUT2D eigenvalue weighted by atomic mass is 35.5. The van der Waals surface area contributed by atoms with E-state index in [9.17, 15) is 4.79 Å². The Balaban J connectivity index is 0.000000192. The van der Waals surface area contributed by atoms with Gasteiger partial charge in [0.2, 0.25) is 0 Å². The Hall–Kier alpha value is -3.56. The van der Waals surface area contributed by atoms with Gasteiger partial charge in [0.15, 0.2) is 5.82 Å². The second kappa shape index (κ2) is 11.5. The van der Waals surface area contributed by atoms with Crippen molar-refractivity contribution in [3.63, 3.8) is 0 Å². The number of rotatable bonds is 5. The molecule has 3 aromatic rings. The second-order valence-corrected chi connectivity index (χ2v) is 8.34. The van der Waals surface area contributed by atoms with Gasteiger partial charge in [-0.2, -0.15) is 5.10 Å². The molecule has 10 heteroatoms. The number of ether oxygens (including phenoxy) is 1. The molecule has 2 heterocycles. The van der Waals surface area contributed by atoms with Crippen molar-refractivity contribution in [1.29, 1.82) is 0 Å². The number of aromatic amines is 1. The Morgan fingerprint density at radius 2 is 1.94 bits per heavy atom. The number of piperazine rings is 1. The molecule has 2 aromatic carbocycles. The van der Waals surface area contributed by atoms with Gasteiger partial charge in [-0.25, -0.2) is 0 Å². The van der Waals surface area contributed by atoms with Gasteiger partial charge in [0.05, 0.1) is 23.5 Å². The van der Waals surface area contributed by atoms with Crippen LogP contribution in [0, 0.1) is 6.92 Å². The third-order valence-electron chi connectivity index (χ3n) is 5.41. The number of methoxy groups -OCH3 is 1. The zero-order valence-corrected chi connectivity index (χ0v) is 20.4. The number of hydrogen-bond acceptors (Lipinski definition) is 7. The predicted octanol–water partition coefficient (Wildman–Crippen LogP) is 3.99. The molecule has 1 aromatic heterocycles. The molecule has 0 radical (unpaired) electrons. The number of H-pyrrole nitrogens is 1. The summed E-state index contributed by atoms with van der Waals surface area (Å²) in [5.74, 6) is 0.735. The van der Waals surface area contributed by atoms with E-state index in [-0.39, 0.29) is 5.91 Å². The molecular formula is C24H30ClN7O2. The number of hydrogen-bond donors (Lipinski definition) is 3. The van der Waals surface area contributed by atoms with Gasteiger partial charge in [0, 0.05) is 49.2 Å². The largest absolute Gasteiger partial charge is 0.495 e. The van der Waals surface area contributed by atoms with Crippen LogP contribution in [0.3, 0.4) is 0 Å². The van der Waals surface area contributed by atoms with Crippen molar-refractivity contribution in [1.82, 2.24) is 15.1 Å². The summed E-state index contributed by atoms with van der Waals surface area (Å²) in [5, 5.41) is 9.72. The van der Waals surface area contributed by atoms with Gasteiger partial charge in [-0.05, 0) is 57.1 Å². The van der Waals surface area contributed by atoms with Crippen molar-refractivity contribution >= 4 is 47.1 Å². The molecule has 0 spiro atoms. The number of carbonyl (C=O) groups is 1. The molecule has 1 saturated heterocycles. The molecule has 34 heavy (non-hydrogen) atoms. The van der Waals surface area contributed by atoms with Gasteiger partial charge in [0.25, 0.3) is 5.91 Å². The molecule has 9 nitrogen and oxygen atoms in total. The number of anilines is 3. The molecule has 4 rings (SSSR count). The molecule has 1 aliphatic rings. The van der Waals surface area contributed by atoms with Crippen LogP contribution in [0.25, 0.3) is 0 Å². The number of nitrogens with zero attached hydrogens (tertiary/aromatic N) is 4. The molecule has 0 saturated carbocycles. The highest BCUT2D eigenvalue weighted by molar-refractivity contribution is 6.32. The number of carbonyl (C=O) groups excluding carboxylic acids is 1. The van der Waals surface area contributed by atoms with Crippen molar-refractivity contribution in [3.05, 3.63) is 58.7 Å². The Kier molecular flexibility index (Phi) is 8.50. The number of aromatic nitrogens is 2. The first-order valence-electron chi connectivity index (χ1n) is 10.8. The highest BCUT2D eigenvalue weighted by Crippen LogP contribution is 2.28. The third kappa shape index (κ3) is 6.49. The summed E-state index contributed by atoms with van der Waals surface area (Å²) in [4.78, 5) is 20.5. The minimum atomic E-state index is -0.272. The first-order chi connectivity index (χ1) is 16.3. The monoisotopic (exact) mass is 483 g/mol. The number of halogens is 1. The van der Waals surface area contributed by atoms with Crippen LogP contribution in [0.2, 0.25) is 5.02 Å². The van der Waals surface area contributed by atoms with E-state index in [0.717, 1.165) is 37.6 Å². The fourth-order valence-corrected chi connectivity index (χ4v) is 3.67. The quantitative estimate of drug-likeness (QED) is 0.373. The van der Waals surface area contributed by atoms with E-state index in [0.29, 0.717) is 27.8 Å². The Morgan fingerprint density at radius 1 is 1.21 bits per heavy atom. The summed E-state index contributed by atoms with van der Waals surface area (Å²) in [6, 6.07) is 12.5. The number of nitrogens with two attached hydrogens (primary N) is 1. The number of likely N-dealkylation sites (N-methyl/N-ethyl adjacent to an activating group) is 1. The van der Waals surface area contributed by atoms with E-state index in [4.69, 9.17) is 22.1 Å². The molecule has 0 aliphatic carbocycles. The maximum Gasteiger partial charge on any atom is 0.256 e. The summed E-state index contributed by atoms with van der Waals surface area (Å²) >= 11 is 5.95. The van der Waals surface area contributed by atoms with E-state index < -0.39 is 0 Å². The Labute approximate surface area is 204 Å². The molecule has 0 atom stereocenters. The van der Waals surface area contributed by atoms with Gasteiger partial charge in [-0.3, -0.25) is 14.9 Å². The van der Waals surface area contributed by atoms with Crippen molar-refractivity contribution in [2.45, 2.75) is 6.92 Å². The molecule has 0 unspecified atom stereocenters. The van der Waals surface area contributed by atoms with Gasteiger partial charge in [0.1, 0.15) is 5.75 Å². The normalized spacial score (nSPS) is 13.6. The minimum absolute atomic E-state index is 0.272. The van der Waals surface area contributed by atoms with Crippen molar-refractivity contribution in [2.24, 2.45) is 4.99 Å². The first kappa shape index (κ1) is 25.1. The Bertz CT molecular complexity index is 1140. The number of nitrogen functional groups attached to an aromatic ring is 1. The zero-order valence-electron chi connectivity index (χ0n) is 19.6. The molecule has 1 aliphatic heterocycles. The summed E-state index contributed by atoms with van der Waals surface area (Å²) in [6.45, 7) is 9.69. The SMILES string of the molecule is C=Nc1cc(N2CCN(C)CC2)ccc1N.COc1ccc(C(=O)Nc2cc(C)[nH]n2)cc1Cl. The summed E-state index contributed by atoms with van der Waals surface area (Å²) in [6.07, 6.45) is 0. The topological polar surface area (TPSA) is 112 Å². The lowest BCUT2D eigenvalue weighted by Crippen LogP contribution is -2.44. The van der Waals surface area contributed by atoms with E-state index in [1.807, 2.05) is 19.1 Å². The van der Waals surface area contributed by atoms with E-state index in [2.05, 4.69) is 50.1 Å². The van der Waals surface area contributed by atoms with Gasteiger partial charge in [-0.15, -0.1) is 0 Å². The fraction of sp³-hybridized carbons (Fsp3) is 0.292. The van der Waals surface area contributed by atoms with Crippen LogP contribution in [-0.4, -0.2) is 68.1 Å². The fourth-order valence-electron chi connectivity index (χ4n) is 3.41. The molecule has 4 N–H and O–H groups in total. The number of benzene rings is 2. The predicted molar refractivity (Wildman–Crippen MR) is 139 cm³/mol. The van der Waals surface area contributed by atoms with Crippen LogP contribution in [0.4, 0.5) is 22.9 Å². The van der Waals surface area contributed by atoms with Crippen LogP contribution in [0.1, 0.15) is 16.1 Å². The van der Waals surface area contributed by atoms with Crippen LogP contribution in [0.15, 0.2) is 47.5 Å². The van der Waals surface area contributed by atoms with Crippen LogP contribution in [-0.2, 0) is 0 Å². The lowest BCUT2D eigenvalue weighted by Gasteiger charge is -2.34. The third-order valence-corrected chi connectivity index (χ3v) is 5.71. The standard InChI is InChI=1S/C12H12ClN3O2.C12H18N4/c1-7-5-11(16-15-7)14-12(17)8-3-4-10(18-2)9(13)6-8;1-14-12-9-10(3-4-11(12)13)16-7-5-15(2)6-8-16/h3-6H,1-2H3,(H2,14,15,16,17);3-4,9H,1,5-8,13H2,2H3.